The molecule has 1 amide bonds. The first kappa shape index (κ1) is 20.1. The number of carbonyl (C=O) groups excluding carboxylic acids is 2. The van der Waals surface area contributed by atoms with Crippen LogP contribution in [0.25, 0.3) is 4.85 Å². The van der Waals surface area contributed by atoms with Gasteiger partial charge in [0.05, 0.1) is 18.6 Å². The number of ether oxygens (including phenoxy) is 1. The predicted octanol–water partition coefficient (Wildman–Crippen LogP) is 3.15. The molecule has 0 saturated carbocycles. The Morgan fingerprint density at radius 2 is 1.87 bits per heavy atom. The number of fused-ring (bicyclic) bond motifs is 1. The molecule has 2 aliphatic heterocycles. The second-order valence-corrected chi connectivity index (χ2v) is 7.95. The van der Waals surface area contributed by atoms with Crippen molar-refractivity contribution >= 4 is 17.6 Å². The van der Waals surface area contributed by atoms with E-state index in [1.807, 2.05) is 36.1 Å². The zero-order chi connectivity index (χ0) is 21.1. The molecule has 2 aromatic carbocycles. The van der Waals surface area contributed by atoms with E-state index in [4.69, 9.17) is 11.3 Å². The van der Waals surface area contributed by atoms with Crippen LogP contribution < -0.4 is 0 Å². The Hall–Kier alpha value is -3.17. The Morgan fingerprint density at radius 3 is 2.60 bits per heavy atom. The third kappa shape index (κ3) is 4.37. The van der Waals surface area contributed by atoms with Gasteiger partial charge in [0.1, 0.15) is 6.61 Å². The third-order valence-corrected chi connectivity index (χ3v) is 5.93. The molecular formula is C24H25N3O3. The number of cyclic esters (lactones) is 1. The summed E-state index contributed by atoms with van der Waals surface area (Å²) < 4.78 is 5.03. The van der Waals surface area contributed by atoms with E-state index in [0.29, 0.717) is 24.3 Å². The van der Waals surface area contributed by atoms with Crippen LogP contribution in [0.2, 0.25) is 0 Å². The average Bonchev–Trinajstić information content (AvgIpc) is 3.13. The molecule has 2 aliphatic rings. The van der Waals surface area contributed by atoms with Gasteiger partial charge in [-0.15, -0.1) is 0 Å². The lowest BCUT2D eigenvalue weighted by atomic mass is 10.0. The summed E-state index contributed by atoms with van der Waals surface area (Å²) in [4.78, 5) is 32.1. The first-order valence-electron chi connectivity index (χ1n) is 10.3. The van der Waals surface area contributed by atoms with Gasteiger partial charge in [-0.1, -0.05) is 30.3 Å². The van der Waals surface area contributed by atoms with E-state index in [-0.39, 0.29) is 11.9 Å². The van der Waals surface area contributed by atoms with Gasteiger partial charge in [-0.3, -0.25) is 9.69 Å². The number of piperazine rings is 1. The van der Waals surface area contributed by atoms with Crippen LogP contribution >= 0.6 is 0 Å². The number of esters is 1. The molecule has 1 fully saturated rings. The van der Waals surface area contributed by atoms with Crippen LogP contribution in [-0.4, -0.2) is 54.4 Å². The van der Waals surface area contributed by atoms with Gasteiger partial charge in [0, 0.05) is 38.3 Å². The van der Waals surface area contributed by atoms with Gasteiger partial charge in [0.2, 0.25) is 5.91 Å². The number of hydrogen-bond donors (Lipinski definition) is 0. The summed E-state index contributed by atoms with van der Waals surface area (Å²) in [5.74, 6) is -0.151. The fourth-order valence-electron chi connectivity index (χ4n) is 4.09. The first-order chi connectivity index (χ1) is 14.5. The van der Waals surface area contributed by atoms with E-state index in [1.165, 1.54) is 5.56 Å². The highest BCUT2D eigenvalue weighted by molar-refractivity contribution is 5.93. The summed E-state index contributed by atoms with van der Waals surface area (Å²) in [6, 6.07) is 11.6. The van der Waals surface area contributed by atoms with Gasteiger partial charge in [0.25, 0.3) is 0 Å². The van der Waals surface area contributed by atoms with Crippen molar-refractivity contribution in [1.82, 2.24) is 9.80 Å². The van der Waals surface area contributed by atoms with E-state index in [2.05, 4.69) is 15.8 Å². The third-order valence-electron chi connectivity index (χ3n) is 5.93. The minimum atomic E-state index is -0.281. The Balaban J connectivity index is 1.25. The van der Waals surface area contributed by atoms with Gasteiger partial charge in [0.15, 0.2) is 5.69 Å². The highest BCUT2D eigenvalue weighted by Gasteiger charge is 2.24. The molecule has 154 valence electrons. The molecule has 0 spiro atoms. The maximum absolute atomic E-state index is 12.7. The van der Waals surface area contributed by atoms with Crippen LogP contribution in [0.15, 0.2) is 36.4 Å². The van der Waals surface area contributed by atoms with Crippen LogP contribution in [0.3, 0.4) is 0 Å². The maximum atomic E-state index is 12.7. The summed E-state index contributed by atoms with van der Waals surface area (Å²) in [7, 11) is 0. The highest BCUT2D eigenvalue weighted by Crippen LogP contribution is 2.22. The lowest BCUT2D eigenvalue weighted by Gasteiger charge is -2.35. The van der Waals surface area contributed by atoms with Crippen molar-refractivity contribution in [2.24, 2.45) is 0 Å². The first-order valence-corrected chi connectivity index (χ1v) is 10.3. The zero-order valence-corrected chi connectivity index (χ0v) is 17.2. The van der Waals surface area contributed by atoms with E-state index < -0.39 is 0 Å². The SMILES string of the molecule is [C-]#[N+]c1ccc(CCN2CCN(C(=O)Cc3ccc4c(c3)COC4=O)CC2)cc1C. The molecule has 30 heavy (non-hydrogen) atoms. The molecule has 4 rings (SSSR count). The summed E-state index contributed by atoms with van der Waals surface area (Å²) in [6.45, 7) is 13.6. The number of nitrogens with zero attached hydrogens (tertiary/aromatic N) is 3. The van der Waals surface area contributed by atoms with Crippen LogP contribution in [0.4, 0.5) is 5.69 Å². The number of amides is 1. The van der Waals surface area contributed by atoms with Crippen molar-refractivity contribution in [2.45, 2.75) is 26.4 Å². The monoisotopic (exact) mass is 403 g/mol. The smallest absolute Gasteiger partial charge is 0.338 e. The minimum Gasteiger partial charge on any atom is -0.457 e. The standard InChI is InChI=1S/C24H25N3O3/c1-17-13-18(4-6-22(17)25-2)7-8-26-9-11-27(12-10-26)23(28)15-19-3-5-21-20(14-19)16-30-24(21)29/h3-6,13-14H,7-12,15-16H2,1H3. The van der Waals surface area contributed by atoms with Gasteiger partial charge in [-0.05, 0) is 36.1 Å². The molecule has 2 heterocycles. The number of hydrogen-bond acceptors (Lipinski definition) is 4. The molecule has 0 aliphatic carbocycles. The Labute approximate surface area is 176 Å². The molecular weight excluding hydrogens is 378 g/mol. The Morgan fingerprint density at radius 1 is 1.10 bits per heavy atom. The summed E-state index contributed by atoms with van der Waals surface area (Å²) in [6.07, 6.45) is 1.30. The quantitative estimate of drug-likeness (QED) is 0.569. The van der Waals surface area contributed by atoms with Gasteiger partial charge >= 0.3 is 5.97 Å². The van der Waals surface area contributed by atoms with Gasteiger partial charge in [-0.2, -0.15) is 0 Å². The molecule has 0 N–H and O–H groups in total. The Kier molecular flexibility index (Phi) is 5.82. The number of benzene rings is 2. The summed E-state index contributed by atoms with van der Waals surface area (Å²) in [5.41, 5.74) is 5.40. The van der Waals surface area contributed by atoms with Crippen molar-refractivity contribution in [1.29, 1.82) is 0 Å². The predicted molar refractivity (Wildman–Crippen MR) is 113 cm³/mol. The molecule has 2 aromatic rings. The largest absolute Gasteiger partial charge is 0.457 e. The van der Waals surface area contributed by atoms with E-state index in [1.54, 1.807) is 6.07 Å². The second kappa shape index (κ2) is 8.68. The molecule has 0 bridgehead atoms. The highest BCUT2D eigenvalue weighted by atomic mass is 16.5. The number of carbonyl (C=O) groups is 2. The molecule has 6 heteroatoms. The molecule has 1 saturated heterocycles. The molecule has 0 aromatic heterocycles. The summed E-state index contributed by atoms with van der Waals surface area (Å²) in [5, 5.41) is 0. The van der Waals surface area contributed by atoms with Crippen LogP contribution in [-0.2, 0) is 29.0 Å². The lowest BCUT2D eigenvalue weighted by molar-refractivity contribution is -0.132. The fraction of sp³-hybridized carbons (Fsp3) is 0.375. The van der Waals surface area contributed by atoms with Crippen molar-refractivity contribution in [2.75, 3.05) is 32.7 Å². The van der Waals surface area contributed by atoms with Crippen LogP contribution in [0, 0.1) is 13.5 Å². The van der Waals surface area contributed by atoms with Crippen molar-refractivity contribution in [3.63, 3.8) is 0 Å². The zero-order valence-electron chi connectivity index (χ0n) is 17.2. The molecule has 0 radical (unpaired) electrons. The Bertz CT molecular complexity index is 1020. The van der Waals surface area contributed by atoms with Crippen LogP contribution in [0.1, 0.15) is 32.6 Å². The number of aryl methyl sites for hydroxylation is 1. The lowest BCUT2D eigenvalue weighted by Crippen LogP contribution is -2.49. The van der Waals surface area contributed by atoms with Crippen LogP contribution in [0.5, 0.6) is 0 Å². The molecule has 0 atom stereocenters. The van der Waals surface area contributed by atoms with Crippen molar-refractivity contribution in [3.05, 3.63) is 75.6 Å². The van der Waals surface area contributed by atoms with E-state index in [0.717, 1.165) is 55.8 Å². The van der Waals surface area contributed by atoms with E-state index >= 15 is 0 Å². The van der Waals surface area contributed by atoms with E-state index in [9.17, 15) is 9.59 Å². The maximum Gasteiger partial charge on any atom is 0.338 e. The normalized spacial score (nSPS) is 16.1. The second-order valence-electron chi connectivity index (χ2n) is 7.95. The fourth-order valence-corrected chi connectivity index (χ4v) is 4.09. The minimum absolute atomic E-state index is 0.130. The molecule has 0 unspecified atom stereocenters. The molecule has 6 nitrogen and oxygen atoms in total. The number of rotatable bonds is 5. The average molecular weight is 403 g/mol. The van der Waals surface area contributed by atoms with Crippen molar-refractivity contribution < 1.29 is 14.3 Å². The topological polar surface area (TPSA) is 54.2 Å². The van der Waals surface area contributed by atoms with Gasteiger partial charge in [-0.25, -0.2) is 9.64 Å². The summed E-state index contributed by atoms with van der Waals surface area (Å²) >= 11 is 0. The van der Waals surface area contributed by atoms with Gasteiger partial charge < -0.3 is 9.64 Å². The van der Waals surface area contributed by atoms with Crippen molar-refractivity contribution in [3.8, 4) is 0 Å².